The van der Waals surface area contributed by atoms with Crippen LogP contribution in [0.2, 0.25) is 0 Å². The van der Waals surface area contributed by atoms with Crippen molar-refractivity contribution in [3.05, 3.63) is 92.5 Å². The van der Waals surface area contributed by atoms with Gasteiger partial charge in [0.15, 0.2) is 0 Å². The molecular formula is C23H23FN4O3. The second kappa shape index (κ2) is 8.67. The Labute approximate surface area is 178 Å². The summed E-state index contributed by atoms with van der Waals surface area (Å²) in [5.74, 6) is -0.485. The van der Waals surface area contributed by atoms with E-state index in [1.165, 1.54) is 36.9 Å². The third kappa shape index (κ3) is 4.33. The van der Waals surface area contributed by atoms with Crippen molar-refractivity contribution in [3.8, 4) is 5.69 Å². The zero-order valence-electron chi connectivity index (χ0n) is 17.2. The standard InChI is InChI=1S/C23H23FN4O3/c1-26-21(29)20(25-28(23(26)31)19-9-7-18(24)8-10-19)22(30)27-13-11-17(12-14-27)15-16-5-3-2-4-6-16/h2-10,17H,11-15H2,1H3. The number of benzene rings is 2. The highest BCUT2D eigenvalue weighted by Gasteiger charge is 2.28. The monoisotopic (exact) mass is 422 g/mol. The van der Waals surface area contributed by atoms with Gasteiger partial charge in [0.05, 0.1) is 5.69 Å². The van der Waals surface area contributed by atoms with E-state index in [9.17, 15) is 18.8 Å². The molecule has 8 heteroatoms. The predicted octanol–water partition coefficient (Wildman–Crippen LogP) is 2.17. The summed E-state index contributed by atoms with van der Waals surface area (Å²) in [7, 11) is 1.30. The molecule has 160 valence electrons. The van der Waals surface area contributed by atoms with Crippen LogP contribution in [0.15, 0.2) is 64.2 Å². The van der Waals surface area contributed by atoms with Crippen LogP contribution in [-0.4, -0.2) is 38.2 Å². The van der Waals surface area contributed by atoms with Crippen molar-refractivity contribution >= 4 is 5.91 Å². The second-order valence-electron chi connectivity index (χ2n) is 7.81. The minimum atomic E-state index is -0.736. The van der Waals surface area contributed by atoms with Crippen LogP contribution in [0.3, 0.4) is 0 Å². The Hall–Kier alpha value is -3.55. The highest BCUT2D eigenvalue weighted by Crippen LogP contribution is 2.22. The summed E-state index contributed by atoms with van der Waals surface area (Å²) in [4.78, 5) is 39.8. The molecule has 0 radical (unpaired) electrons. The van der Waals surface area contributed by atoms with E-state index in [1.54, 1.807) is 4.90 Å². The van der Waals surface area contributed by atoms with Gasteiger partial charge in [0, 0.05) is 20.1 Å². The molecule has 1 aromatic heterocycles. The van der Waals surface area contributed by atoms with Crippen LogP contribution in [0, 0.1) is 11.7 Å². The van der Waals surface area contributed by atoms with Crippen molar-refractivity contribution in [3.63, 3.8) is 0 Å². The maximum Gasteiger partial charge on any atom is 0.351 e. The average Bonchev–Trinajstić information content (AvgIpc) is 2.79. The third-order valence-corrected chi connectivity index (χ3v) is 5.72. The molecule has 0 spiro atoms. The van der Waals surface area contributed by atoms with Crippen LogP contribution >= 0.6 is 0 Å². The van der Waals surface area contributed by atoms with Crippen LogP contribution in [0.25, 0.3) is 5.69 Å². The molecule has 3 aromatic rings. The number of rotatable bonds is 4. The van der Waals surface area contributed by atoms with E-state index < -0.39 is 23.0 Å². The van der Waals surface area contributed by atoms with Gasteiger partial charge in [-0.1, -0.05) is 30.3 Å². The smallest absolute Gasteiger partial charge is 0.337 e. The van der Waals surface area contributed by atoms with Crippen LogP contribution in [0.5, 0.6) is 0 Å². The van der Waals surface area contributed by atoms with Gasteiger partial charge in [0.1, 0.15) is 5.82 Å². The number of hydrogen-bond donors (Lipinski definition) is 0. The fourth-order valence-corrected chi connectivity index (χ4v) is 3.90. The summed E-state index contributed by atoms with van der Waals surface area (Å²) < 4.78 is 15.0. The second-order valence-corrected chi connectivity index (χ2v) is 7.81. The lowest BCUT2D eigenvalue weighted by atomic mass is 9.90. The molecule has 0 aliphatic carbocycles. The van der Waals surface area contributed by atoms with E-state index >= 15 is 0 Å². The number of nitrogens with zero attached hydrogens (tertiary/aromatic N) is 4. The van der Waals surface area contributed by atoms with Gasteiger partial charge in [0.2, 0.25) is 5.69 Å². The lowest BCUT2D eigenvalue weighted by Crippen LogP contribution is -2.47. The highest BCUT2D eigenvalue weighted by molar-refractivity contribution is 5.91. The summed E-state index contributed by atoms with van der Waals surface area (Å²) in [6.07, 6.45) is 2.62. The summed E-state index contributed by atoms with van der Waals surface area (Å²) in [6, 6.07) is 15.4. The number of hydrogen-bond acceptors (Lipinski definition) is 4. The molecule has 1 fully saturated rings. The summed E-state index contributed by atoms with van der Waals surface area (Å²) in [5.41, 5.74) is -0.200. The molecule has 1 aliphatic rings. The first-order valence-corrected chi connectivity index (χ1v) is 10.2. The van der Waals surface area contributed by atoms with Gasteiger partial charge in [-0.05, 0) is 55.0 Å². The molecule has 2 heterocycles. The SMILES string of the molecule is Cn1c(=O)c(C(=O)N2CCC(Cc3ccccc3)CC2)nn(-c2ccc(F)cc2)c1=O. The van der Waals surface area contributed by atoms with Crippen molar-refractivity contribution in [2.24, 2.45) is 13.0 Å². The van der Waals surface area contributed by atoms with Gasteiger partial charge < -0.3 is 4.90 Å². The summed E-state index contributed by atoms with van der Waals surface area (Å²) >= 11 is 0. The van der Waals surface area contributed by atoms with Crippen LogP contribution in [-0.2, 0) is 13.5 Å². The number of piperidine rings is 1. The Morgan fingerprint density at radius 2 is 1.68 bits per heavy atom. The number of carbonyl (C=O) groups is 1. The normalized spacial score (nSPS) is 14.6. The molecule has 1 aliphatic heterocycles. The van der Waals surface area contributed by atoms with Gasteiger partial charge in [0.25, 0.3) is 11.5 Å². The Kier molecular flexibility index (Phi) is 5.79. The molecule has 1 amide bonds. The fraction of sp³-hybridized carbons (Fsp3) is 0.304. The molecule has 0 N–H and O–H groups in total. The Morgan fingerprint density at radius 1 is 1.03 bits per heavy atom. The Bertz CT molecular complexity index is 1190. The number of likely N-dealkylation sites (tertiary alicyclic amines) is 1. The lowest BCUT2D eigenvalue weighted by molar-refractivity contribution is 0.0679. The molecule has 1 saturated heterocycles. The summed E-state index contributed by atoms with van der Waals surface area (Å²) in [6.45, 7) is 1.05. The predicted molar refractivity (Wildman–Crippen MR) is 114 cm³/mol. The van der Waals surface area contributed by atoms with Gasteiger partial charge in [-0.3, -0.25) is 14.2 Å². The van der Waals surface area contributed by atoms with Crippen molar-refractivity contribution in [2.75, 3.05) is 13.1 Å². The highest BCUT2D eigenvalue weighted by atomic mass is 19.1. The average molecular weight is 422 g/mol. The first-order chi connectivity index (χ1) is 14.9. The van der Waals surface area contributed by atoms with E-state index in [2.05, 4.69) is 17.2 Å². The lowest BCUT2D eigenvalue weighted by Gasteiger charge is -2.31. The number of carbonyl (C=O) groups excluding carboxylic acids is 1. The van der Waals surface area contributed by atoms with Gasteiger partial charge in [-0.2, -0.15) is 9.78 Å². The maximum absolute atomic E-state index is 13.2. The van der Waals surface area contributed by atoms with Crippen molar-refractivity contribution in [2.45, 2.75) is 19.3 Å². The molecule has 7 nitrogen and oxygen atoms in total. The number of amides is 1. The number of halogens is 1. The van der Waals surface area contributed by atoms with Gasteiger partial charge in [-0.15, -0.1) is 0 Å². The van der Waals surface area contributed by atoms with E-state index in [-0.39, 0.29) is 11.4 Å². The molecule has 0 atom stereocenters. The molecule has 0 saturated carbocycles. The maximum atomic E-state index is 13.2. The van der Waals surface area contributed by atoms with Gasteiger partial charge >= 0.3 is 5.69 Å². The van der Waals surface area contributed by atoms with Gasteiger partial charge in [-0.25, -0.2) is 9.18 Å². The third-order valence-electron chi connectivity index (χ3n) is 5.72. The van der Waals surface area contributed by atoms with Crippen LogP contribution in [0.1, 0.15) is 28.9 Å². The fourth-order valence-electron chi connectivity index (χ4n) is 3.90. The molecule has 31 heavy (non-hydrogen) atoms. The largest absolute Gasteiger partial charge is 0.351 e. The Morgan fingerprint density at radius 3 is 2.32 bits per heavy atom. The quantitative estimate of drug-likeness (QED) is 0.646. The van der Waals surface area contributed by atoms with Crippen molar-refractivity contribution in [1.82, 2.24) is 19.2 Å². The molecular weight excluding hydrogens is 399 g/mol. The van der Waals surface area contributed by atoms with Crippen molar-refractivity contribution < 1.29 is 9.18 Å². The minimum Gasteiger partial charge on any atom is -0.337 e. The molecule has 0 bridgehead atoms. The zero-order valence-corrected chi connectivity index (χ0v) is 17.2. The van der Waals surface area contributed by atoms with Crippen molar-refractivity contribution in [1.29, 1.82) is 0 Å². The minimum absolute atomic E-state index is 0.276. The van der Waals surface area contributed by atoms with Crippen LogP contribution in [0.4, 0.5) is 4.39 Å². The van der Waals surface area contributed by atoms with E-state index in [0.29, 0.717) is 19.0 Å². The first kappa shape index (κ1) is 20.7. The first-order valence-electron chi connectivity index (χ1n) is 10.2. The summed E-state index contributed by atoms with van der Waals surface area (Å²) in [5, 5.41) is 4.05. The van der Waals surface area contributed by atoms with E-state index in [4.69, 9.17) is 0 Å². The van der Waals surface area contributed by atoms with E-state index in [0.717, 1.165) is 28.5 Å². The van der Waals surface area contributed by atoms with E-state index in [1.807, 2.05) is 18.2 Å². The zero-order chi connectivity index (χ0) is 22.0. The van der Waals surface area contributed by atoms with Crippen LogP contribution < -0.4 is 11.2 Å². The molecule has 4 rings (SSSR count). The number of aromatic nitrogens is 3. The Balaban J connectivity index is 1.54. The molecule has 0 unspecified atom stereocenters. The topological polar surface area (TPSA) is 77.2 Å². The molecule has 2 aromatic carbocycles.